The minimum Gasteiger partial charge on any atom is -0.194 e. The molecule has 1 aromatic rings. The van der Waals surface area contributed by atoms with Gasteiger partial charge in [0.2, 0.25) is 0 Å². The van der Waals surface area contributed by atoms with Crippen molar-refractivity contribution in [2.24, 2.45) is 0 Å². The lowest BCUT2D eigenvalue weighted by molar-refractivity contribution is 0.655. The van der Waals surface area contributed by atoms with Crippen LogP contribution in [0.15, 0.2) is 11.4 Å². The zero-order valence-corrected chi connectivity index (χ0v) is 3.76. The summed E-state index contributed by atoms with van der Waals surface area (Å²) in [5.74, 6) is 0. The summed E-state index contributed by atoms with van der Waals surface area (Å²) in [6.07, 6.45) is 0. The lowest BCUT2D eigenvalue weighted by atomic mass is 10.7. The number of halogens is 1. The van der Waals surface area contributed by atoms with Gasteiger partial charge in [-0.3, -0.25) is 0 Å². The second-order valence-electron chi connectivity index (χ2n) is 0.839. The summed E-state index contributed by atoms with van der Waals surface area (Å²) in [6.45, 7) is 0. The van der Waals surface area contributed by atoms with Gasteiger partial charge in [0.25, 0.3) is 0 Å². The predicted octanol–water partition coefficient (Wildman–Crippen LogP) is 1.69. The molecular weight excluding hydrogens is 99.1 g/mol. The number of thiophene rings is 1. The van der Waals surface area contributed by atoms with Crippen LogP contribution in [0.4, 0.5) is 4.39 Å². The first-order valence-electron chi connectivity index (χ1n) is 1.50. The Hall–Kier alpha value is -0.370. The molecule has 1 rings (SSSR count). The SMILES string of the molecule is Fc1[c]ccs1. The maximum atomic E-state index is 11.6. The quantitative estimate of drug-likeness (QED) is 0.466. The second-order valence-corrected chi connectivity index (χ2v) is 1.70. The Labute approximate surface area is 39.2 Å². The molecule has 0 nitrogen and oxygen atoms in total. The van der Waals surface area contributed by atoms with E-state index in [0.717, 1.165) is 11.3 Å². The van der Waals surface area contributed by atoms with Gasteiger partial charge in [-0.2, -0.15) is 4.39 Å². The third kappa shape index (κ3) is 0.571. The zero-order chi connectivity index (χ0) is 4.41. The second kappa shape index (κ2) is 1.39. The Bertz CT molecular complexity index is 111. The average Bonchev–Trinajstić information content (AvgIpc) is 1.86. The van der Waals surface area contributed by atoms with Gasteiger partial charge in [0.15, 0.2) is 5.13 Å². The van der Waals surface area contributed by atoms with E-state index in [4.69, 9.17) is 0 Å². The first kappa shape index (κ1) is 3.81. The van der Waals surface area contributed by atoms with E-state index in [-0.39, 0.29) is 5.13 Å². The minimum absolute atomic E-state index is 0.241. The van der Waals surface area contributed by atoms with Crippen LogP contribution >= 0.6 is 11.3 Å². The molecule has 6 heavy (non-hydrogen) atoms. The molecular formula is C4H2FS. The fraction of sp³-hybridized carbons (Fsp3) is 0. The van der Waals surface area contributed by atoms with Crippen molar-refractivity contribution in [1.29, 1.82) is 0 Å². The molecule has 0 aliphatic rings. The fourth-order valence-corrected chi connectivity index (χ4v) is 0.619. The molecule has 1 aromatic heterocycles. The van der Waals surface area contributed by atoms with Crippen LogP contribution < -0.4 is 0 Å². The molecule has 0 aliphatic carbocycles. The molecule has 1 radical (unpaired) electrons. The molecule has 0 saturated carbocycles. The molecule has 0 N–H and O–H groups in total. The summed E-state index contributed by atoms with van der Waals surface area (Å²) < 4.78 is 11.6. The molecule has 2 heteroatoms. The number of hydrogen-bond acceptors (Lipinski definition) is 1. The van der Waals surface area contributed by atoms with Gasteiger partial charge in [0.05, 0.1) is 0 Å². The Morgan fingerprint density at radius 3 is 2.83 bits per heavy atom. The molecule has 0 saturated heterocycles. The van der Waals surface area contributed by atoms with Crippen molar-refractivity contribution in [2.75, 3.05) is 0 Å². The summed E-state index contributed by atoms with van der Waals surface area (Å²) in [4.78, 5) is 0. The summed E-state index contributed by atoms with van der Waals surface area (Å²) in [7, 11) is 0. The first-order valence-corrected chi connectivity index (χ1v) is 2.38. The van der Waals surface area contributed by atoms with Gasteiger partial charge in [-0.1, -0.05) is 0 Å². The Balaban J connectivity index is 3.05. The molecule has 0 unspecified atom stereocenters. The standard InChI is InChI=1S/C4H2FS/c5-4-2-1-3-6-4/h1,3H. The summed E-state index contributed by atoms with van der Waals surface area (Å²) in [5.41, 5.74) is 0. The van der Waals surface area contributed by atoms with E-state index in [0.29, 0.717) is 0 Å². The zero-order valence-electron chi connectivity index (χ0n) is 2.94. The molecule has 31 valence electrons. The van der Waals surface area contributed by atoms with Gasteiger partial charge < -0.3 is 0 Å². The normalized spacial score (nSPS) is 8.83. The van der Waals surface area contributed by atoms with Crippen molar-refractivity contribution in [1.82, 2.24) is 0 Å². The number of rotatable bonds is 0. The van der Waals surface area contributed by atoms with Crippen molar-refractivity contribution < 1.29 is 4.39 Å². The topological polar surface area (TPSA) is 0 Å². The lowest BCUT2D eigenvalue weighted by Crippen LogP contribution is -1.45. The van der Waals surface area contributed by atoms with Crippen LogP contribution in [0.2, 0.25) is 0 Å². The van der Waals surface area contributed by atoms with Crippen LogP contribution in [0.5, 0.6) is 0 Å². The van der Waals surface area contributed by atoms with Crippen LogP contribution in [0.25, 0.3) is 0 Å². The minimum atomic E-state index is -0.241. The third-order valence-corrected chi connectivity index (χ3v) is 1.03. The first-order chi connectivity index (χ1) is 2.89. The van der Waals surface area contributed by atoms with Gasteiger partial charge in [-0.15, -0.1) is 11.3 Å². The highest BCUT2D eigenvalue weighted by Gasteiger charge is 1.81. The van der Waals surface area contributed by atoms with E-state index in [1.807, 2.05) is 0 Å². The Kier molecular flexibility index (Phi) is 0.881. The van der Waals surface area contributed by atoms with Crippen molar-refractivity contribution >= 4 is 11.3 Å². The monoisotopic (exact) mass is 101 g/mol. The lowest BCUT2D eigenvalue weighted by Gasteiger charge is -1.59. The maximum absolute atomic E-state index is 11.6. The van der Waals surface area contributed by atoms with Gasteiger partial charge in [0.1, 0.15) is 0 Å². The molecule has 0 bridgehead atoms. The molecule has 1 heterocycles. The molecule has 0 amide bonds. The van der Waals surface area contributed by atoms with Crippen molar-refractivity contribution in [3.05, 3.63) is 22.6 Å². The van der Waals surface area contributed by atoms with E-state index in [1.165, 1.54) is 0 Å². The fourth-order valence-electron chi connectivity index (χ4n) is 0.227. The summed E-state index contributed by atoms with van der Waals surface area (Å²) in [5, 5.41) is 1.41. The van der Waals surface area contributed by atoms with E-state index in [9.17, 15) is 4.39 Å². The van der Waals surface area contributed by atoms with Crippen LogP contribution in [0, 0.1) is 11.2 Å². The van der Waals surface area contributed by atoms with E-state index in [2.05, 4.69) is 6.07 Å². The highest BCUT2D eigenvalue weighted by molar-refractivity contribution is 7.08. The van der Waals surface area contributed by atoms with Crippen molar-refractivity contribution in [3.8, 4) is 0 Å². The van der Waals surface area contributed by atoms with Crippen LogP contribution in [-0.2, 0) is 0 Å². The number of hydrogen-bond donors (Lipinski definition) is 0. The molecule has 0 atom stereocenters. The van der Waals surface area contributed by atoms with E-state index < -0.39 is 0 Å². The van der Waals surface area contributed by atoms with Crippen LogP contribution in [-0.4, -0.2) is 0 Å². The van der Waals surface area contributed by atoms with Crippen molar-refractivity contribution in [2.45, 2.75) is 0 Å². The smallest absolute Gasteiger partial charge is 0.184 e. The third-order valence-electron chi connectivity index (χ3n) is 0.436. The van der Waals surface area contributed by atoms with Gasteiger partial charge in [-0.25, -0.2) is 0 Å². The summed E-state index contributed by atoms with van der Waals surface area (Å²) in [6, 6.07) is 3.91. The Morgan fingerprint density at radius 1 is 1.83 bits per heavy atom. The Morgan fingerprint density at radius 2 is 2.67 bits per heavy atom. The molecule has 0 aromatic carbocycles. The highest BCUT2D eigenvalue weighted by atomic mass is 32.1. The molecule has 0 aliphatic heterocycles. The molecule has 0 fully saturated rings. The average molecular weight is 101 g/mol. The maximum Gasteiger partial charge on any atom is 0.184 e. The predicted molar refractivity (Wildman–Crippen MR) is 23.1 cm³/mol. The van der Waals surface area contributed by atoms with Gasteiger partial charge in [0, 0.05) is 6.07 Å². The highest BCUT2D eigenvalue weighted by Crippen LogP contribution is 2.01. The van der Waals surface area contributed by atoms with Gasteiger partial charge >= 0.3 is 0 Å². The van der Waals surface area contributed by atoms with E-state index >= 15 is 0 Å². The van der Waals surface area contributed by atoms with E-state index in [1.54, 1.807) is 11.4 Å². The molecule has 0 spiro atoms. The summed E-state index contributed by atoms with van der Waals surface area (Å²) >= 11 is 1.06. The largest absolute Gasteiger partial charge is 0.194 e. The van der Waals surface area contributed by atoms with Crippen LogP contribution in [0.3, 0.4) is 0 Å². The van der Waals surface area contributed by atoms with Crippen molar-refractivity contribution in [3.63, 3.8) is 0 Å². The van der Waals surface area contributed by atoms with Gasteiger partial charge in [-0.05, 0) is 11.4 Å². The van der Waals surface area contributed by atoms with Crippen LogP contribution in [0.1, 0.15) is 0 Å².